The van der Waals surface area contributed by atoms with Gasteiger partial charge in [-0.25, -0.2) is 0 Å². The zero-order chi connectivity index (χ0) is 13.2. The SMILES string of the molecule is Nc1cccc(Br)c1CN1CCc2ccccc2C1. The molecule has 0 aromatic heterocycles. The largest absolute Gasteiger partial charge is 0.398 e. The fraction of sp³-hybridized carbons (Fsp3) is 0.250. The van der Waals surface area contributed by atoms with Crippen LogP contribution in [0.25, 0.3) is 0 Å². The zero-order valence-corrected chi connectivity index (χ0v) is 12.4. The molecule has 1 heterocycles. The first-order valence-electron chi connectivity index (χ1n) is 6.56. The molecule has 3 heteroatoms. The first-order valence-corrected chi connectivity index (χ1v) is 7.35. The average Bonchev–Trinajstić information content (AvgIpc) is 2.43. The highest BCUT2D eigenvalue weighted by Crippen LogP contribution is 2.26. The molecule has 0 amide bonds. The number of nitrogens with two attached hydrogens (primary N) is 1. The minimum Gasteiger partial charge on any atom is -0.398 e. The predicted octanol–water partition coefficient (Wildman–Crippen LogP) is 3.59. The molecule has 19 heavy (non-hydrogen) atoms. The minimum atomic E-state index is 0.869. The number of nitrogen functional groups attached to an aromatic ring is 1. The lowest BCUT2D eigenvalue weighted by molar-refractivity contribution is 0.245. The van der Waals surface area contributed by atoms with Crippen LogP contribution in [0.5, 0.6) is 0 Å². The third-order valence-electron chi connectivity index (χ3n) is 3.75. The van der Waals surface area contributed by atoms with E-state index >= 15 is 0 Å². The van der Waals surface area contributed by atoms with Crippen molar-refractivity contribution in [3.05, 3.63) is 63.6 Å². The van der Waals surface area contributed by atoms with E-state index in [1.54, 1.807) is 0 Å². The van der Waals surface area contributed by atoms with Crippen LogP contribution in [0.1, 0.15) is 16.7 Å². The topological polar surface area (TPSA) is 29.3 Å². The molecular formula is C16H17BrN2. The Hall–Kier alpha value is -1.32. The molecule has 2 N–H and O–H groups in total. The summed E-state index contributed by atoms with van der Waals surface area (Å²) in [6.07, 6.45) is 1.13. The van der Waals surface area contributed by atoms with Crippen molar-refractivity contribution in [2.24, 2.45) is 0 Å². The van der Waals surface area contributed by atoms with Gasteiger partial charge in [-0.3, -0.25) is 4.90 Å². The average molecular weight is 317 g/mol. The van der Waals surface area contributed by atoms with E-state index in [-0.39, 0.29) is 0 Å². The van der Waals surface area contributed by atoms with Crippen LogP contribution in [0.2, 0.25) is 0 Å². The first kappa shape index (κ1) is 12.7. The maximum atomic E-state index is 6.08. The fourth-order valence-corrected chi connectivity index (χ4v) is 3.16. The molecule has 0 saturated carbocycles. The Labute approximate surface area is 122 Å². The summed E-state index contributed by atoms with van der Waals surface area (Å²) in [6.45, 7) is 3.01. The summed E-state index contributed by atoms with van der Waals surface area (Å²) in [5.74, 6) is 0. The van der Waals surface area contributed by atoms with E-state index in [1.165, 1.54) is 16.7 Å². The van der Waals surface area contributed by atoms with Crippen molar-refractivity contribution in [1.82, 2.24) is 4.90 Å². The molecule has 0 radical (unpaired) electrons. The summed E-state index contributed by atoms with van der Waals surface area (Å²) in [5, 5.41) is 0. The van der Waals surface area contributed by atoms with E-state index < -0.39 is 0 Å². The van der Waals surface area contributed by atoms with Crippen molar-refractivity contribution < 1.29 is 0 Å². The van der Waals surface area contributed by atoms with Gasteiger partial charge in [0.2, 0.25) is 0 Å². The van der Waals surface area contributed by atoms with Gasteiger partial charge in [0.25, 0.3) is 0 Å². The molecule has 98 valence electrons. The van der Waals surface area contributed by atoms with Crippen LogP contribution in [-0.4, -0.2) is 11.4 Å². The van der Waals surface area contributed by atoms with Crippen molar-refractivity contribution >= 4 is 21.6 Å². The number of fused-ring (bicyclic) bond motifs is 1. The van der Waals surface area contributed by atoms with E-state index in [1.807, 2.05) is 12.1 Å². The number of hydrogen-bond donors (Lipinski definition) is 1. The van der Waals surface area contributed by atoms with Gasteiger partial charge < -0.3 is 5.73 Å². The fourth-order valence-electron chi connectivity index (χ4n) is 2.65. The van der Waals surface area contributed by atoms with Crippen molar-refractivity contribution in [2.75, 3.05) is 12.3 Å². The number of benzene rings is 2. The molecule has 0 aliphatic carbocycles. The lowest BCUT2D eigenvalue weighted by Gasteiger charge is -2.29. The second-order valence-electron chi connectivity index (χ2n) is 5.04. The van der Waals surface area contributed by atoms with Gasteiger partial charge in [0, 0.05) is 35.4 Å². The smallest absolute Gasteiger partial charge is 0.0371 e. The summed E-state index contributed by atoms with van der Waals surface area (Å²) in [5.41, 5.74) is 11.1. The molecule has 2 aromatic carbocycles. The molecule has 0 bridgehead atoms. The number of nitrogens with zero attached hydrogens (tertiary/aromatic N) is 1. The molecular weight excluding hydrogens is 300 g/mol. The van der Waals surface area contributed by atoms with Crippen LogP contribution in [0.15, 0.2) is 46.9 Å². The van der Waals surface area contributed by atoms with Crippen LogP contribution in [0, 0.1) is 0 Å². The van der Waals surface area contributed by atoms with Gasteiger partial charge >= 0.3 is 0 Å². The number of hydrogen-bond acceptors (Lipinski definition) is 2. The molecule has 0 unspecified atom stereocenters. The quantitative estimate of drug-likeness (QED) is 0.858. The van der Waals surface area contributed by atoms with E-state index in [4.69, 9.17) is 5.73 Å². The molecule has 3 rings (SSSR count). The summed E-state index contributed by atoms with van der Waals surface area (Å²) in [6, 6.07) is 14.7. The molecule has 0 fully saturated rings. The highest BCUT2D eigenvalue weighted by atomic mass is 79.9. The standard InChI is InChI=1S/C16H17BrN2/c17-15-6-3-7-16(18)14(15)11-19-9-8-12-4-1-2-5-13(12)10-19/h1-7H,8-11,18H2. The predicted molar refractivity (Wildman–Crippen MR) is 82.8 cm³/mol. The Morgan fingerprint density at radius 1 is 1.05 bits per heavy atom. The summed E-state index contributed by atoms with van der Waals surface area (Å²) < 4.78 is 1.10. The highest BCUT2D eigenvalue weighted by Gasteiger charge is 2.17. The maximum absolute atomic E-state index is 6.08. The Balaban J connectivity index is 1.79. The van der Waals surface area contributed by atoms with Crippen LogP contribution < -0.4 is 5.73 Å². The van der Waals surface area contributed by atoms with Crippen LogP contribution in [-0.2, 0) is 19.5 Å². The monoisotopic (exact) mass is 316 g/mol. The van der Waals surface area contributed by atoms with Gasteiger partial charge in [0.05, 0.1) is 0 Å². The van der Waals surface area contributed by atoms with Gasteiger partial charge in [-0.05, 0) is 29.7 Å². The first-order chi connectivity index (χ1) is 9.24. The van der Waals surface area contributed by atoms with E-state index in [9.17, 15) is 0 Å². The summed E-state index contributed by atoms with van der Waals surface area (Å²) >= 11 is 3.60. The van der Waals surface area contributed by atoms with Gasteiger partial charge in [0.15, 0.2) is 0 Å². The lowest BCUT2D eigenvalue weighted by atomic mass is 9.99. The molecule has 2 nitrogen and oxygen atoms in total. The molecule has 1 aliphatic rings. The Bertz CT molecular complexity index is 575. The normalized spacial score (nSPS) is 15.2. The Morgan fingerprint density at radius 2 is 1.84 bits per heavy atom. The van der Waals surface area contributed by atoms with Gasteiger partial charge in [0.1, 0.15) is 0 Å². The van der Waals surface area contributed by atoms with Crippen molar-refractivity contribution in [3.63, 3.8) is 0 Å². The number of halogens is 1. The van der Waals surface area contributed by atoms with Gasteiger partial charge in [-0.15, -0.1) is 0 Å². The second kappa shape index (κ2) is 5.35. The van der Waals surface area contributed by atoms with Crippen molar-refractivity contribution in [2.45, 2.75) is 19.5 Å². The van der Waals surface area contributed by atoms with Gasteiger partial charge in [-0.2, -0.15) is 0 Å². The molecule has 0 spiro atoms. The summed E-state index contributed by atoms with van der Waals surface area (Å²) in [4.78, 5) is 2.46. The van der Waals surface area contributed by atoms with E-state index in [2.05, 4.69) is 51.2 Å². The second-order valence-corrected chi connectivity index (χ2v) is 5.89. The Kier molecular flexibility index (Phi) is 3.58. The van der Waals surface area contributed by atoms with Crippen LogP contribution in [0.4, 0.5) is 5.69 Å². The van der Waals surface area contributed by atoms with Gasteiger partial charge in [-0.1, -0.05) is 46.3 Å². The minimum absolute atomic E-state index is 0.869. The zero-order valence-electron chi connectivity index (χ0n) is 10.8. The molecule has 0 saturated heterocycles. The Morgan fingerprint density at radius 3 is 2.63 bits per heavy atom. The van der Waals surface area contributed by atoms with Crippen molar-refractivity contribution in [3.8, 4) is 0 Å². The number of rotatable bonds is 2. The summed E-state index contributed by atoms with van der Waals surface area (Å²) in [7, 11) is 0. The molecule has 2 aromatic rings. The van der Waals surface area contributed by atoms with E-state index in [0.717, 1.165) is 36.2 Å². The molecule has 0 atom stereocenters. The third kappa shape index (κ3) is 2.67. The highest BCUT2D eigenvalue weighted by molar-refractivity contribution is 9.10. The lowest BCUT2D eigenvalue weighted by Crippen LogP contribution is -2.30. The van der Waals surface area contributed by atoms with Crippen molar-refractivity contribution in [1.29, 1.82) is 0 Å². The van der Waals surface area contributed by atoms with Crippen LogP contribution >= 0.6 is 15.9 Å². The van der Waals surface area contributed by atoms with E-state index in [0.29, 0.717) is 0 Å². The number of anilines is 1. The van der Waals surface area contributed by atoms with Crippen LogP contribution in [0.3, 0.4) is 0 Å². The molecule has 1 aliphatic heterocycles. The maximum Gasteiger partial charge on any atom is 0.0371 e. The third-order valence-corrected chi connectivity index (χ3v) is 4.49.